The molecule has 0 aromatic rings. The SMILES string of the molecule is C1CC([C]23[CH]4[CH]5[CH]6[CH]2[Fe]56432789[CH]3[CH]2[CH]7[CH]8[CH]39)OS1. The number of hydrogen-bond donors (Lipinski definition) is 0. The molecule has 5 unspecified atom stereocenters. The van der Waals surface area contributed by atoms with Crippen LogP contribution in [0, 0.1) is 0 Å². The molecule has 1 nitrogen and oxygen atoms in total. The summed E-state index contributed by atoms with van der Waals surface area (Å²) < 4.78 is 7.26. The number of fused-ring (bicyclic) bond motifs is 10. The van der Waals surface area contributed by atoms with Crippen LogP contribution in [0.5, 0.6) is 0 Å². The van der Waals surface area contributed by atoms with E-state index in [0.717, 1.165) is 10.4 Å². The first-order valence-corrected chi connectivity index (χ1v) is 14.3. The minimum atomic E-state index is -2.76. The summed E-state index contributed by atoms with van der Waals surface area (Å²) in [5.41, 5.74) is 0. The Hall–Kier alpha value is 0.829. The van der Waals surface area contributed by atoms with Crippen molar-refractivity contribution in [2.45, 2.75) is 60.2 Å². The quantitative estimate of drug-likeness (QED) is 0.524. The number of rotatable bonds is 1. The zero-order chi connectivity index (χ0) is 9.42. The molecule has 0 aliphatic carbocycles. The average Bonchev–Trinajstić information content (AvgIpc) is 3.20. The first kappa shape index (κ1) is 5.86. The summed E-state index contributed by atoms with van der Waals surface area (Å²) in [6.07, 6.45) is 2.26. The molecule has 0 amide bonds. The maximum absolute atomic E-state index is 6.23. The summed E-state index contributed by atoms with van der Waals surface area (Å²) in [6.45, 7) is -2.76. The van der Waals surface area contributed by atoms with Gasteiger partial charge in [0.1, 0.15) is 0 Å². The Bertz CT molecular complexity index is 864. The van der Waals surface area contributed by atoms with Crippen molar-refractivity contribution < 1.29 is 10.7 Å². The van der Waals surface area contributed by atoms with Gasteiger partial charge in [-0.15, -0.1) is 0 Å². The summed E-state index contributed by atoms with van der Waals surface area (Å²) in [5.74, 6) is 1.32. The molecular weight excluding hydrogens is 260 g/mol. The molecule has 11 heterocycles. The van der Waals surface area contributed by atoms with Crippen molar-refractivity contribution in [3.05, 3.63) is 0 Å². The van der Waals surface area contributed by atoms with Crippen molar-refractivity contribution in [2.75, 3.05) is 5.75 Å². The van der Waals surface area contributed by atoms with Gasteiger partial charge in [-0.25, -0.2) is 0 Å². The van der Waals surface area contributed by atoms with Crippen LogP contribution in [0.1, 0.15) is 6.42 Å². The second-order valence-corrected chi connectivity index (χ2v) is 35.4. The van der Waals surface area contributed by atoms with Gasteiger partial charge in [0.25, 0.3) is 0 Å². The molecule has 11 rings (SSSR count). The zero-order valence-electron chi connectivity index (χ0n) is 8.86. The van der Waals surface area contributed by atoms with Crippen molar-refractivity contribution >= 4 is 12.0 Å². The third-order valence-corrected chi connectivity index (χ3v) is 59.4. The summed E-state index contributed by atoms with van der Waals surface area (Å²) in [4.78, 5) is 13.3. The van der Waals surface area contributed by atoms with Crippen LogP contribution in [-0.4, -0.2) is 11.9 Å². The van der Waals surface area contributed by atoms with Gasteiger partial charge < -0.3 is 0 Å². The normalized spacial score (nSPS) is 136. The fraction of sp³-hybridized carbons (Fsp3) is 1.00. The van der Waals surface area contributed by atoms with Gasteiger partial charge in [-0.1, -0.05) is 0 Å². The molecule has 0 radical (unpaired) electrons. The van der Waals surface area contributed by atoms with Crippen LogP contribution in [0.15, 0.2) is 0 Å². The molecule has 0 N–H and O–H groups in total. The van der Waals surface area contributed by atoms with E-state index in [0.29, 0.717) is 0 Å². The second kappa shape index (κ2) is 0.473. The summed E-state index contributed by atoms with van der Waals surface area (Å²) in [6, 6.07) is 0. The van der Waals surface area contributed by atoms with E-state index in [9.17, 15) is 0 Å². The van der Waals surface area contributed by atoms with E-state index in [1.165, 1.54) is 55.5 Å². The Morgan fingerprint density at radius 2 is 1.56 bits per heavy atom. The predicted molar refractivity (Wildman–Crippen MR) is 58.4 cm³/mol. The van der Waals surface area contributed by atoms with Crippen LogP contribution in [0.4, 0.5) is 0 Å². The fourth-order valence-corrected chi connectivity index (χ4v) is 93.8. The molecule has 1 spiro atoms. The van der Waals surface area contributed by atoms with Gasteiger partial charge in [0.2, 0.25) is 0 Å². The Labute approximate surface area is 88.5 Å². The average molecular weight is 274 g/mol. The van der Waals surface area contributed by atoms with E-state index in [1.807, 2.05) is 12.0 Å². The second-order valence-electron chi connectivity index (χ2n) is 10.9. The fourth-order valence-electron chi connectivity index (χ4n) is 17.9. The number of hydrogen-bond acceptors (Lipinski definition) is 2. The first-order valence-electron chi connectivity index (χ1n) is 7.15. The molecule has 0 bridgehead atoms. The van der Waals surface area contributed by atoms with Gasteiger partial charge in [0.05, 0.1) is 0 Å². The molecule has 3 heteroatoms. The van der Waals surface area contributed by atoms with Crippen molar-refractivity contribution in [3.63, 3.8) is 0 Å². The van der Waals surface area contributed by atoms with Gasteiger partial charge in [-0.3, -0.25) is 0 Å². The molecule has 11 aliphatic heterocycles. The van der Waals surface area contributed by atoms with Crippen molar-refractivity contribution in [2.24, 2.45) is 0 Å². The summed E-state index contributed by atoms with van der Waals surface area (Å²) in [7, 11) is 0. The zero-order valence-corrected chi connectivity index (χ0v) is 10.8. The molecular formula is C13H14FeOS. The Balaban J connectivity index is 1.62. The van der Waals surface area contributed by atoms with E-state index in [1.54, 1.807) is 0 Å². The minimum absolute atomic E-state index is 0.812. The standard InChI is InChI=1S/C8H9OS.C5H5.Fe/c1-2-4-7(3-1)8-5-6-10-9-8;1-2-4-5-3-1;/h1-4,8H,5-6H2;1-5H;. The van der Waals surface area contributed by atoms with E-state index in [-0.39, 0.29) is 0 Å². The van der Waals surface area contributed by atoms with Gasteiger partial charge in [-0.05, 0) is 0 Å². The van der Waals surface area contributed by atoms with E-state index >= 15 is 0 Å². The Kier molecular flexibility index (Phi) is 0.173. The van der Waals surface area contributed by atoms with Crippen LogP contribution >= 0.6 is 12.0 Å². The molecule has 11 saturated heterocycles. The topological polar surface area (TPSA) is 9.23 Å². The van der Waals surface area contributed by atoms with Gasteiger partial charge in [0.15, 0.2) is 0 Å². The third kappa shape index (κ3) is 0.0551. The van der Waals surface area contributed by atoms with Crippen LogP contribution in [-0.2, 0) is 10.7 Å². The molecule has 11 aliphatic rings. The Morgan fingerprint density at radius 1 is 0.938 bits per heavy atom. The predicted octanol–water partition coefficient (Wildman–Crippen LogP) is 4.18. The summed E-state index contributed by atoms with van der Waals surface area (Å²) in [5, 5.41) is 0. The van der Waals surface area contributed by atoms with E-state index < -0.39 is 6.51 Å². The molecule has 86 valence electrons. The monoisotopic (exact) mass is 274 g/mol. The van der Waals surface area contributed by atoms with E-state index in [4.69, 9.17) is 4.18 Å². The molecule has 0 aromatic carbocycles. The molecule has 11 fully saturated rings. The molecule has 5 atom stereocenters. The van der Waals surface area contributed by atoms with Crippen molar-refractivity contribution in [1.29, 1.82) is 0 Å². The van der Waals surface area contributed by atoms with Crippen molar-refractivity contribution in [3.8, 4) is 0 Å². The molecule has 16 heavy (non-hydrogen) atoms. The Morgan fingerprint density at radius 3 is 1.88 bits per heavy atom. The van der Waals surface area contributed by atoms with Crippen molar-refractivity contribution in [1.82, 2.24) is 0 Å². The van der Waals surface area contributed by atoms with Crippen LogP contribution in [0.3, 0.4) is 0 Å². The maximum atomic E-state index is 6.23. The van der Waals surface area contributed by atoms with Gasteiger partial charge in [-0.2, -0.15) is 0 Å². The molecule has 0 aromatic heterocycles. The van der Waals surface area contributed by atoms with E-state index in [2.05, 4.69) is 0 Å². The van der Waals surface area contributed by atoms with Gasteiger partial charge in [0, 0.05) is 0 Å². The van der Waals surface area contributed by atoms with Crippen LogP contribution in [0.25, 0.3) is 0 Å². The van der Waals surface area contributed by atoms with Gasteiger partial charge >= 0.3 is 88.7 Å². The van der Waals surface area contributed by atoms with Crippen LogP contribution in [0.2, 0.25) is 47.7 Å². The molecule has 0 saturated carbocycles. The third-order valence-electron chi connectivity index (χ3n) is 15.9. The van der Waals surface area contributed by atoms with Crippen LogP contribution < -0.4 is 0 Å². The summed E-state index contributed by atoms with van der Waals surface area (Å²) >= 11 is 1.83. The first-order chi connectivity index (χ1) is 7.65.